The summed E-state index contributed by atoms with van der Waals surface area (Å²) in [6, 6.07) is 6.92. The molecule has 0 spiro atoms. The molecular formula is C16H26N2O3S. The summed E-state index contributed by atoms with van der Waals surface area (Å²) in [4.78, 5) is 11.8. The largest absolute Gasteiger partial charge is 0.328 e. The molecule has 0 heterocycles. The molecule has 1 aromatic rings. The van der Waals surface area contributed by atoms with Crippen LogP contribution in [0.25, 0.3) is 0 Å². The molecule has 0 fully saturated rings. The van der Waals surface area contributed by atoms with E-state index in [1.54, 1.807) is 45.0 Å². The third-order valence-electron chi connectivity index (χ3n) is 3.33. The van der Waals surface area contributed by atoms with Gasteiger partial charge in [0.1, 0.15) is 0 Å². The van der Waals surface area contributed by atoms with Crippen LogP contribution in [-0.2, 0) is 20.4 Å². The van der Waals surface area contributed by atoms with Gasteiger partial charge < -0.3 is 11.1 Å². The van der Waals surface area contributed by atoms with Crippen LogP contribution in [0.4, 0.5) is 5.69 Å². The van der Waals surface area contributed by atoms with Crippen molar-refractivity contribution >= 4 is 21.4 Å². The Morgan fingerprint density at radius 2 is 1.95 bits per heavy atom. The number of benzene rings is 1. The Balaban J connectivity index is 2.77. The first kappa shape index (κ1) is 18.6. The maximum absolute atomic E-state index is 12.2. The monoisotopic (exact) mass is 326 g/mol. The number of hydrogen-bond donors (Lipinski definition) is 2. The molecule has 0 saturated carbocycles. The molecule has 0 radical (unpaired) electrons. The lowest BCUT2D eigenvalue weighted by Gasteiger charge is -2.19. The molecule has 6 heteroatoms. The molecule has 5 nitrogen and oxygen atoms in total. The van der Waals surface area contributed by atoms with Crippen LogP contribution in [-0.4, -0.2) is 25.1 Å². The van der Waals surface area contributed by atoms with Crippen LogP contribution in [0.3, 0.4) is 0 Å². The van der Waals surface area contributed by atoms with Gasteiger partial charge in [-0.1, -0.05) is 12.1 Å². The average Bonchev–Trinajstić information content (AvgIpc) is 2.35. The van der Waals surface area contributed by atoms with E-state index in [2.05, 4.69) is 5.32 Å². The highest BCUT2D eigenvalue weighted by atomic mass is 32.2. The standard InChI is InChI=1S/C16H26N2O3S/c1-12(17)8-9-15(19)18-14-7-5-6-13(10-14)11-22(20,21)16(2,3)4/h5-7,10,12H,8-9,11,17H2,1-4H3,(H,18,19). The number of amides is 1. The van der Waals surface area contributed by atoms with Gasteiger partial charge in [0, 0.05) is 18.2 Å². The highest BCUT2D eigenvalue weighted by molar-refractivity contribution is 7.91. The Hall–Kier alpha value is -1.40. The molecule has 0 aliphatic heterocycles. The summed E-state index contributed by atoms with van der Waals surface area (Å²) in [7, 11) is -3.25. The quantitative estimate of drug-likeness (QED) is 0.840. The molecule has 0 aromatic heterocycles. The molecule has 1 amide bonds. The van der Waals surface area contributed by atoms with Crippen LogP contribution in [0.1, 0.15) is 46.1 Å². The summed E-state index contributed by atoms with van der Waals surface area (Å²) in [5.74, 6) is -0.159. The number of sulfone groups is 1. The van der Waals surface area contributed by atoms with Gasteiger partial charge in [0.25, 0.3) is 0 Å². The van der Waals surface area contributed by atoms with E-state index in [1.807, 2.05) is 6.92 Å². The predicted molar refractivity (Wildman–Crippen MR) is 90.3 cm³/mol. The van der Waals surface area contributed by atoms with Gasteiger partial charge in [-0.25, -0.2) is 8.42 Å². The number of hydrogen-bond acceptors (Lipinski definition) is 4. The van der Waals surface area contributed by atoms with Crippen LogP contribution < -0.4 is 11.1 Å². The average molecular weight is 326 g/mol. The maximum Gasteiger partial charge on any atom is 0.224 e. The second kappa shape index (κ2) is 7.24. The van der Waals surface area contributed by atoms with Crippen molar-refractivity contribution in [1.82, 2.24) is 0 Å². The Labute approximate surface area is 133 Å². The van der Waals surface area contributed by atoms with E-state index < -0.39 is 14.6 Å². The third-order valence-corrected chi connectivity index (χ3v) is 5.91. The van der Waals surface area contributed by atoms with E-state index in [1.165, 1.54) is 0 Å². The first-order valence-corrected chi connectivity index (χ1v) is 9.03. The Morgan fingerprint density at radius 1 is 1.32 bits per heavy atom. The van der Waals surface area contributed by atoms with Crippen molar-refractivity contribution in [1.29, 1.82) is 0 Å². The third kappa shape index (κ3) is 5.77. The van der Waals surface area contributed by atoms with Gasteiger partial charge in [-0.05, 0) is 51.8 Å². The molecule has 1 aromatic carbocycles. The summed E-state index contributed by atoms with van der Waals surface area (Å²) in [6.45, 7) is 6.90. The van der Waals surface area contributed by atoms with Crippen LogP contribution in [0.15, 0.2) is 24.3 Å². The lowest BCUT2D eigenvalue weighted by molar-refractivity contribution is -0.116. The number of nitrogens with one attached hydrogen (secondary N) is 1. The van der Waals surface area contributed by atoms with Gasteiger partial charge in [0.15, 0.2) is 9.84 Å². The van der Waals surface area contributed by atoms with Crippen LogP contribution >= 0.6 is 0 Å². The van der Waals surface area contributed by atoms with Crippen molar-refractivity contribution in [3.05, 3.63) is 29.8 Å². The van der Waals surface area contributed by atoms with Gasteiger partial charge in [-0.2, -0.15) is 0 Å². The summed E-state index contributed by atoms with van der Waals surface area (Å²) >= 11 is 0. The first-order valence-electron chi connectivity index (χ1n) is 7.38. The molecule has 0 aliphatic carbocycles. The van der Waals surface area contributed by atoms with Gasteiger partial charge in [-0.15, -0.1) is 0 Å². The van der Waals surface area contributed by atoms with Gasteiger partial charge in [-0.3, -0.25) is 4.79 Å². The molecule has 0 saturated heterocycles. The topological polar surface area (TPSA) is 89.3 Å². The summed E-state index contributed by atoms with van der Waals surface area (Å²) < 4.78 is 23.7. The van der Waals surface area contributed by atoms with Crippen LogP contribution in [0.5, 0.6) is 0 Å². The summed E-state index contributed by atoms with van der Waals surface area (Å²) in [6.07, 6.45) is 0.964. The molecule has 124 valence electrons. The lowest BCUT2D eigenvalue weighted by atomic mass is 10.2. The number of carbonyl (C=O) groups excluding carboxylic acids is 1. The minimum Gasteiger partial charge on any atom is -0.328 e. The smallest absolute Gasteiger partial charge is 0.224 e. The van der Waals surface area contributed by atoms with Gasteiger partial charge >= 0.3 is 0 Å². The predicted octanol–water partition coefficient (Wildman–Crippen LogP) is 2.47. The van der Waals surface area contributed by atoms with Crippen LogP contribution in [0.2, 0.25) is 0 Å². The summed E-state index contributed by atoms with van der Waals surface area (Å²) in [5, 5.41) is 2.77. The molecular weight excluding hydrogens is 300 g/mol. The second-order valence-corrected chi connectivity index (χ2v) is 9.38. The highest BCUT2D eigenvalue weighted by Crippen LogP contribution is 2.22. The number of anilines is 1. The van der Waals surface area contributed by atoms with E-state index in [0.717, 1.165) is 0 Å². The SMILES string of the molecule is CC(N)CCC(=O)Nc1cccc(CS(=O)(=O)C(C)(C)C)c1. The van der Waals surface area contributed by atoms with Gasteiger partial charge in [0.2, 0.25) is 5.91 Å². The first-order chi connectivity index (χ1) is 10.0. The van der Waals surface area contributed by atoms with Crippen molar-refractivity contribution in [2.75, 3.05) is 5.32 Å². The van der Waals surface area contributed by atoms with E-state index in [-0.39, 0.29) is 17.7 Å². The van der Waals surface area contributed by atoms with Crippen molar-refractivity contribution < 1.29 is 13.2 Å². The number of rotatable bonds is 6. The number of carbonyl (C=O) groups is 1. The van der Waals surface area contributed by atoms with E-state index in [9.17, 15) is 13.2 Å². The zero-order valence-corrected chi connectivity index (χ0v) is 14.5. The zero-order valence-electron chi connectivity index (χ0n) is 13.7. The number of nitrogens with two attached hydrogens (primary N) is 1. The van der Waals surface area contributed by atoms with Crippen molar-refractivity contribution in [3.63, 3.8) is 0 Å². The Bertz CT molecular complexity index is 617. The van der Waals surface area contributed by atoms with Crippen molar-refractivity contribution in [2.24, 2.45) is 5.73 Å². The van der Waals surface area contributed by atoms with Crippen LogP contribution in [0, 0.1) is 0 Å². The molecule has 0 bridgehead atoms. The fraction of sp³-hybridized carbons (Fsp3) is 0.562. The zero-order chi connectivity index (χ0) is 17.0. The normalized spacial score (nSPS) is 13.7. The van der Waals surface area contributed by atoms with E-state index >= 15 is 0 Å². The molecule has 1 atom stereocenters. The Kier molecular flexibility index (Phi) is 6.14. The van der Waals surface area contributed by atoms with Gasteiger partial charge in [0.05, 0.1) is 10.5 Å². The van der Waals surface area contributed by atoms with E-state index in [0.29, 0.717) is 24.1 Å². The molecule has 0 aliphatic rings. The molecule has 3 N–H and O–H groups in total. The highest BCUT2D eigenvalue weighted by Gasteiger charge is 2.28. The van der Waals surface area contributed by atoms with Crippen molar-refractivity contribution in [2.45, 2.75) is 57.1 Å². The van der Waals surface area contributed by atoms with E-state index in [4.69, 9.17) is 5.73 Å². The fourth-order valence-electron chi connectivity index (χ4n) is 1.76. The lowest BCUT2D eigenvalue weighted by Crippen LogP contribution is -2.29. The molecule has 1 rings (SSSR count). The molecule has 1 unspecified atom stereocenters. The summed E-state index contributed by atoms with van der Waals surface area (Å²) in [5.41, 5.74) is 6.90. The minimum atomic E-state index is -3.25. The molecule has 22 heavy (non-hydrogen) atoms. The fourth-order valence-corrected chi connectivity index (χ4v) is 2.81. The Morgan fingerprint density at radius 3 is 2.50 bits per heavy atom. The second-order valence-electron chi connectivity index (χ2n) is 6.64. The maximum atomic E-state index is 12.2. The minimum absolute atomic E-state index is 0.0194. The van der Waals surface area contributed by atoms with Crippen molar-refractivity contribution in [3.8, 4) is 0 Å².